The number of hydrogen-bond donors (Lipinski definition) is 0. The first kappa shape index (κ1) is 22.4. The summed E-state index contributed by atoms with van der Waals surface area (Å²) in [6.07, 6.45) is 8.04. The number of fused-ring (bicyclic) bond motifs is 6. The highest BCUT2D eigenvalue weighted by Gasteiger charge is 2.14. The molecule has 0 unspecified atom stereocenters. The van der Waals surface area contributed by atoms with E-state index >= 15 is 0 Å². The number of nitro benzene ring substituents is 1. The first-order chi connectivity index (χ1) is 17.0. The number of non-ortho nitro benzene ring substituents is 1. The molecule has 1 aliphatic carbocycles. The summed E-state index contributed by atoms with van der Waals surface area (Å²) in [4.78, 5) is 29.9. The molecule has 1 aromatic heterocycles. The molecule has 1 heterocycles. The zero-order valence-electron chi connectivity index (χ0n) is 19.2. The van der Waals surface area contributed by atoms with Crippen LogP contribution in [-0.4, -0.2) is 28.0 Å². The molecule has 0 atom stereocenters. The van der Waals surface area contributed by atoms with Crippen molar-refractivity contribution in [3.8, 4) is 0 Å². The molecular weight excluding hydrogens is 442 g/mol. The number of esters is 1. The largest absolute Gasteiger partial charge is 0.465 e. The van der Waals surface area contributed by atoms with E-state index in [1.807, 2.05) is 12.1 Å². The molecule has 0 saturated heterocycles. The van der Waals surface area contributed by atoms with Crippen molar-refractivity contribution < 1.29 is 14.5 Å². The van der Waals surface area contributed by atoms with Gasteiger partial charge in [0.2, 0.25) is 0 Å². The van der Waals surface area contributed by atoms with Gasteiger partial charge in [0.15, 0.2) is 0 Å². The smallest absolute Gasteiger partial charge is 0.337 e. The maximum Gasteiger partial charge on any atom is 0.337 e. The van der Waals surface area contributed by atoms with Gasteiger partial charge in [0.05, 0.1) is 28.6 Å². The number of carbonyl (C=O) groups excluding carboxylic acids is 1. The molecule has 7 heteroatoms. The molecule has 35 heavy (non-hydrogen) atoms. The molecule has 5 aromatic rings. The van der Waals surface area contributed by atoms with Crippen LogP contribution in [0.1, 0.15) is 34.3 Å². The molecule has 6 rings (SSSR count). The van der Waals surface area contributed by atoms with Crippen LogP contribution in [0.5, 0.6) is 0 Å². The van der Waals surface area contributed by atoms with Crippen molar-refractivity contribution in [1.29, 1.82) is 0 Å². The van der Waals surface area contributed by atoms with E-state index < -0.39 is 0 Å². The molecule has 0 amide bonds. The Kier molecular flexibility index (Phi) is 6.06. The third-order valence-corrected chi connectivity index (χ3v) is 6.43. The Morgan fingerprint density at radius 2 is 1.60 bits per heavy atom. The standard InChI is InChI=1S/C18H15NO2.C10H8N2O2/c20-19(21)14-7-10-16-13(11-14)6-9-17-15-4-2-1-3-12(15)5-8-18(16)17;1-14-10(13)7-2-3-8-9(6-7)12-5-4-11-8/h5-11H,1-4H2;2-6H,1H3. The molecule has 0 fully saturated rings. The molecule has 0 aliphatic heterocycles. The molecular formula is C28H23N3O4. The number of methoxy groups -OCH3 is 1. The minimum absolute atomic E-state index is 0.153. The predicted octanol–water partition coefficient (Wildman–Crippen LogP) is 6.20. The van der Waals surface area contributed by atoms with Gasteiger partial charge < -0.3 is 4.74 Å². The normalized spacial score (nSPS) is 12.6. The van der Waals surface area contributed by atoms with Crippen LogP contribution in [-0.2, 0) is 17.6 Å². The molecule has 7 nitrogen and oxygen atoms in total. The van der Waals surface area contributed by atoms with E-state index in [1.54, 1.807) is 42.7 Å². The fourth-order valence-electron chi connectivity index (χ4n) is 4.71. The first-order valence-corrected chi connectivity index (χ1v) is 11.5. The number of rotatable bonds is 2. The van der Waals surface area contributed by atoms with E-state index in [4.69, 9.17) is 0 Å². The third-order valence-electron chi connectivity index (χ3n) is 6.43. The van der Waals surface area contributed by atoms with Crippen LogP contribution in [0.15, 0.2) is 73.1 Å². The average molecular weight is 466 g/mol. The van der Waals surface area contributed by atoms with Crippen LogP contribution in [0, 0.1) is 10.1 Å². The number of hydrogen-bond acceptors (Lipinski definition) is 6. The molecule has 0 bridgehead atoms. The SMILES string of the molecule is COC(=O)c1ccc2nccnc2c1.O=[N+]([O-])c1ccc2c(ccc3c4c(ccc32)CCCC4)c1. The maximum absolute atomic E-state index is 11.2. The highest BCUT2D eigenvalue weighted by atomic mass is 16.6. The lowest BCUT2D eigenvalue weighted by Gasteiger charge is -2.18. The Hall–Kier alpha value is -4.39. The van der Waals surface area contributed by atoms with Gasteiger partial charge in [-0.3, -0.25) is 20.1 Å². The van der Waals surface area contributed by atoms with Crippen molar-refractivity contribution >= 4 is 44.2 Å². The topological polar surface area (TPSA) is 95.2 Å². The average Bonchev–Trinajstić information content (AvgIpc) is 2.91. The fraction of sp³-hybridized carbons (Fsp3) is 0.179. The number of nitrogens with zero attached hydrogens (tertiary/aromatic N) is 3. The molecule has 0 radical (unpaired) electrons. The Morgan fingerprint density at radius 1 is 0.857 bits per heavy atom. The van der Waals surface area contributed by atoms with Crippen LogP contribution >= 0.6 is 0 Å². The van der Waals surface area contributed by atoms with E-state index in [1.165, 1.54) is 48.3 Å². The summed E-state index contributed by atoms with van der Waals surface area (Å²) in [6.45, 7) is 0. The van der Waals surface area contributed by atoms with Gasteiger partial charge in [0.1, 0.15) is 0 Å². The van der Waals surface area contributed by atoms with E-state index in [0.29, 0.717) is 11.1 Å². The van der Waals surface area contributed by atoms with Crippen LogP contribution in [0.3, 0.4) is 0 Å². The summed E-state index contributed by atoms with van der Waals surface area (Å²) in [7, 11) is 1.35. The van der Waals surface area contributed by atoms with Crippen molar-refractivity contribution in [2.45, 2.75) is 25.7 Å². The number of ether oxygens (including phenoxy) is 1. The Balaban J connectivity index is 0.000000158. The molecule has 0 spiro atoms. The number of aryl methyl sites for hydroxylation is 2. The predicted molar refractivity (Wildman–Crippen MR) is 136 cm³/mol. The minimum atomic E-state index is -0.363. The second-order valence-electron chi connectivity index (χ2n) is 8.48. The van der Waals surface area contributed by atoms with E-state index in [9.17, 15) is 14.9 Å². The monoisotopic (exact) mass is 465 g/mol. The van der Waals surface area contributed by atoms with Crippen LogP contribution in [0.25, 0.3) is 32.6 Å². The summed E-state index contributed by atoms with van der Waals surface area (Å²) >= 11 is 0. The van der Waals surface area contributed by atoms with Crippen molar-refractivity contribution in [1.82, 2.24) is 9.97 Å². The van der Waals surface area contributed by atoms with Gasteiger partial charge in [0, 0.05) is 24.5 Å². The highest BCUT2D eigenvalue weighted by Crippen LogP contribution is 2.34. The summed E-state index contributed by atoms with van der Waals surface area (Å²) in [6, 6.07) is 18.8. The number of carbonyl (C=O) groups is 1. The second kappa shape index (κ2) is 9.46. The molecule has 174 valence electrons. The van der Waals surface area contributed by atoms with Crippen LogP contribution in [0.2, 0.25) is 0 Å². The van der Waals surface area contributed by atoms with Gasteiger partial charge in [-0.1, -0.05) is 24.3 Å². The van der Waals surface area contributed by atoms with Crippen molar-refractivity contribution in [3.63, 3.8) is 0 Å². The lowest BCUT2D eigenvalue weighted by molar-refractivity contribution is -0.384. The van der Waals surface area contributed by atoms with Gasteiger partial charge >= 0.3 is 5.97 Å². The van der Waals surface area contributed by atoms with Gasteiger partial charge in [0.25, 0.3) is 5.69 Å². The van der Waals surface area contributed by atoms with Gasteiger partial charge in [-0.05, 0) is 82.6 Å². The van der Waals surface area contributed by atoms with E-state index in [0.717, 1.165) is 22.7 Å². The Morgan fingerprint density at radius 3 is 2.40 bits per heavy atom. The van der Waals surface area contributed by atoms with E-state index in [-0.39, 0.29) is 16.6 Å². The van der Waals surface area contributed by atoms with Crippen LogP contribution < -0.4 is 0 Å². The van der Waals surface area contributed by atoms with Gasteiger partial charge in [-0.15, -0.1) is 0 Å². The Bertz CT molecular complexity index is 1600. The molecule has 0 N–H and O–H groups in total. The van der Waals surface area contributed by atoms with Crippen molar-refractivity contribution in [3.05, 3.63) is 99.9 Å². The molecule has 1 aliphatic rings. The number of benzene rings is 4. The Labute approximate surface area is 201 Å². The summed E-state index contributed by atoms with van der Waals surface area (Å²) in [5, 5.41) is 15.5. The minimum Gasteiger partial charge on any atom is -0.465 e. The third kappa shape index (κ3) is 4.40. The zero-order chi connectivity index (χ0) is 24.4. The van der Waals surface area contributed by atoms with Crippen molar-refractivity contribution in [2.24, 2.45) is 0 Å². The fourth-order valence-corrected chi connectivity index (χ4v) is 4.71. The van der Waals surface area contributed by atoms with Crippen LogP contribution in [0.4, 0.5) is 5.69 Å². The first-order valence-electron chi connectivity index (χ1n) is 11.5. The quantitative estimate of drug-likeness (QED) is 0.133. The maximum atomic E-state index is 11.2. The number of aromatic nitrogens is 2. The van der Waals surface area contributed by atoms with Gasteiger partial charge in [-0.25, -0.2) is 4.79 Å². The highest BCUT2D eigenvalue weighted by molar-refractivity contribution is 6.09. The molecule has 4 aromatic carbocycles. The summed E-state index contributed by atoms with van der Waals surface area (Å²) in [5.74, 6) is -0.363. The lowest BCUT2D eigenvalue weighted by atomic mass is 9.86. The number of nitro groups is 1. The summed E-state index contributed by atoms with van der Waals surface area (Å²) in [5.41, 5.74) is 5.03. The molecule has 0 saturated carbocycles. The lowest BCUT2D eigenvalue weighted by Crippen LogP contribution is -2.03. The second-order valence-corrected chi connectivity index (χ2v) is 8.48. The van der Waals surface area contributed by atoms with Gasteiger partial charge in [-0.2, -0.15) is 0 Å². The van der Waals surface area contributed by atoms with E-state index in [2.05, 4.69) is 32.9 Å². The zero-order valence-corrected chi connectivity index (χ0v) is 19.2. The summed E-state index contributed by atoms with van der Waals surface area (Å²) < 4.78 is 4.60. The van der Waals surface area contributed by atoms with Crippen molar-refractivity contribution in [2.75, 3.05) is 7.11 Å².